The molecule has 33 heavy (non-hydrogen) atoms. The van der Waals surface area contributed by atoms with E-state index >= 15 is 0 Å². The molecule has 1 aliphatic rings. The summed E-state index contributed by atoms with van der Waals surface area (Å²) in [5, 5.41) is 8.69. The molecule has 1 fully saturated rings. The second-order valence-electron chi connectivity index (χ2n) is 7.89. The quantitative estimate of drug-likeness (QED) is 0.328. The summed E-state index contributed by atoms with van der Waals surface area (Å²) in [5.41, 5.74) is 2.78. The van der Waals surface area contributed by atoms with Crippen molar-refractivity contribution in [3.8, 4) is 0 Å². The van der Waals surface area contributed by atoms with Crippen molar-refractivity contribution >= 4 is 40.8 Å². The normalized spacial score (nSPS) is 13.5. The van der Waals surface area contributed by atoms with Gasteiger partial charge in [-0.15, -0.1) is 11.8 Å². The number of anilines is 3. The zero-order valence-electron chi connectivity index (χ0n) is 19.5. The monoisotopic (exact) mass is 470 g/mol. The summed E-state index contributed by atoms with van der Waals surface area (Å²) < 4.78 is 5.35. The smallest absolute Gasteiger partial charge is 0.323 e. The summed E-state index contributed by atoms with van der Waals surface area (Å²) >= 11 is 1.65. The zero-order chi connectivity index (χ0) is 23.5. The summed E-state index contributed by atoms with van der Waals surface area (Å²) in [6.45, 7) is 5.66. The topological polar surface area (TPSA) is 82.7 Å². The maximum atomic E-state index is 13.0. The number of amides is 3. The van der Waals surface area contributed by atoms with Gasteiger partial charge in [0.15, 0.2) is 0 Å². The van der Waals surface area contributed by atoms with Gasteiger partial charge < -0.3 is 25.6 Å². The molecule has 178 valence electrons. The van der Waals surface area contributed by atoms with E-state index in [9.17, 15) is 9.59 Å². The highest BCUT2D eigenvalue weighted by molar-refractivity contribution is 7.98. The van der Waals surface area contributed by atoms with Crippen LogP contribution >= 0.6 is 11.8 Å². The highest BCUT2D eigenvalue weighted by atomic mass is 32.2. The first kappa shape index (κ1) is 24.9. The predicted octanol–water partition coefficient (Wildman–Crippen LogP) is 5.20. The number of rotatable bonds is 10. The lowest BCUT2D eigenvalue weighted by molar-refractivity contribution is 0.0944. The fourth-order valence-electron chi connectivity index (χ4n) is 3.79. The van der Waals surface area contributed by atoms with Crippen LogP contribution in [-0.4, -0.2) is 51.0 Å². The van der Waals surface area contributed by atoms with E-state index in [0.717, 1.165) is 42.9 Å². The molecule has 3 rings (SSSR count). The molecule has 1 saturated heterocycles. The van der Waals surface area contributed by atoms with Gasteiger partial charge in [0.05, 0.1) is 5.56 Å². The predicted molar refractivity (Wildman–Crippen MR) is 137 cm³/mol. The zero-order valence-corrected chi connectivity index (χ0v) is 20.3. The lowest BCUT2D eigenvalue weighted by Gasteiger charge is -2.30. The third kappa shape index (κ3) is 7.68. The van der Waals surface area contributed by atoms with Crippen molar-refractivity contribution in [3.63, 3.8) is 0 Å². The number of hydrogen-bond acceptors (Lipinski definition) is 5. The van der Waals surface area contributed by atoms with Gasteiger partial charge in [0.25, 0.3) is 5.91 Å². The van der Waals surface area contributed by atoms with Gasteiger partial charge in [-0.3, -0.25) is 4.79 Å². The maximum absolute atomic E-state index is 13.0. The Bertz CT molecular complexity index is 914. The van der Waals surface area contributed by atoms with Gasteiger partial charge in [-0.25, -0.2) is 4.79 Å². The third-order valence-corrected chi connectivity index (χ3v) is 6.24. The molecule has 0 spiro atoms. The maximum Gasteiger partial charge on any atom is 0.323 e. The van der Waals surface area contributed by atoms with E-state index in [2.05, 4.69) is 20.9 Å². The fourth-order valence-corrected chi connectivity index (χ4v) is 4.20. The van der Waals surface area contributed by atoms with Crippen LogP contribution in [-0.2, 0) is 4.74 Å². The number of hydrogen-bond donors (Lipinski definition) is 3. The van der Waals surface area contributed by atoms with Crippen molar-refractivity contribution in [1.82, 2.24) is 5.32 Å². The second-order valence-corrected chi connectivity index (χ2v) is 8.77. The third-order valence-electron chi connectivity index (χ3n) is 5.50. The van der Waals surface area contributed by atoms with Gasteiger partial charge in [-0.2, -0.15) is 0 Å². The minimum atomic E-state index is -0.347. The van der Waals surface area contributed by atoms with Crippen molar-refractivity contribution < 1.29 is 14.3 Å². The molecule has 0 aliphatic carbocycles. The number of benzene rings is 2. The van der Waals surface area contributed by atoms with Gasteiger partial charge in [0.1, 0.15) is 0 Å². The van der Waals surface area contributed by atoms with Gasteiger partial charge in [-0.1, -0.05) is 0 Å². The Morgan fingerprint density at radius 1 is 1.00 bits per heavy atom. The largest absolute Gasteiger partial charge is 0.382 e. The first-order chi connectivity index (χ1) is 16.1. The first-order valence-corrected chi connectivity index (χ1v) is 12.8. The van der Waals surface area contributed by atoms with Crippen molar-refractivity contribution in [3.05, 3.63) is 48.0 Å². The molecule has 8 heteroatoms. The second kappa shape index (κ2) is 13.1. The highest BCUT2D eigenvalue weighted by Crippen LogP contribution is 2.27. The Morgan fingerprint density at radius 2 is 1.70 bits per heavy atom. The minimum absolute atomic E-state index is 0.135. The highest BCUT2D eigenvalue weighted by Gasteiger charge is 2.19. The number of urea groups is 1. The number of nitrogens with zero attached hydrogens (tertiary/aromatic N) is 1. The molecule has 1 heterocycles. The van der Waals surface area contributed by atoms with Crippen molar-refractivity contribution in [2.45, 2.75) is 37.5 Å². The standard InChI is InChI=1S/C25H34N4O3S/c1-3-32-17-7-14-26-24(30)22-18-20(10-13-23(22)29-15-5-4-6-16-29)28-25(31)27-19-8-11-21(33-2)12-9-19/h8-13,18H,3-7,14-17H2,1-2H3,(H,26,30)(H2,27,28,31). The minimum Gasteiger partial charge on any atom is -0.382 e. The summed E-state index contributed by atoms with van der Waals surface area (Å²) in [5.74, 6) is -0.135. The molecule has 3 N–H and O–H groups in total. The van der Waals surface area contributed by atoms with Crippen LogP contribution in [0.5, 0.6) is 0 Å². The summed E-state index contributed by atoms with van der Waals surface area (Å²) in [4.78, 5) is 28.9. The SMILES string of the molecule is CCOCCCNC(=O)c1cc(NC(=O)Nc2ccc(SC)cc2)ccc1N1CCCCC1. The molecule has 0 bridgehead atoms. The van der Waals surface area contributed by atoms with Crippen LogP contribution in [0.3, 0.4) is 0 Å². The molecule has 0 unspecified atom stereocenters. The molecular weight excluding hydrogens is 436 g/mol. The van der Waals surface area contributed by atoms with E-state index in [1.165, 1.54) is 6.42 Å². The summed E-state index contributed by atoms with van der Waals surface area (Å²) in [7, 11) is 0. The molecule has 0 atom stereocenters. The van der Waals surface area contributed by atoms with Crippen LogP contribution in [0.1, 0.15) is 43.0 Å². The van der Waals surface area contributed by atoms with Crippen LogP contribution in [0.2, 0.25) is 0 Å². The van der Waals surface area contributed by atoms with Crippen molar-refractivity contribution in [2.75, 3.05) is 54.6 Å². The molecule has 2 aromatic rings. The lowest BCUT2D eigenvalue weighted by atomic mass is 10.1. The van der Waals surface area contributed by atoms with E-state index in [-0.39, 0.29) is 11.9 Å². The summed E-state index contributed by atoms with van der Waals surface area (Å²) in [6.07, 6.45) is 6.22. The molecule has 0 radical (unpaired) electrons. The first-order valence-electron chi connectivity index (χ1n) is 11.6. The van der Waals surface area contributed by atoms with E-state index in [1.807, 2.05) is 49.6 Å². The lowest BCUT2D eigenvalue weighted by Crippen LogP contribution is -2.33. The molecule has 2 aromatic carbocycles. The fraction of sp³-hybridized carbons (Fsp3) is 0.440. The number of nitrogens with one attached hydrogen (secondary N) is 3. The average molecular weight is 471 g/mol. The van der Waals surface area contributed by atoms with Crippen molar-refractivity contribution in [1.29, 1.82) is 0 Å². The van der Waals surface area contributed by atoms with Gasteiger partial charge in [-0.05, 0) is 81.3 Å². The molecule has 1 aliphatic heterocycles. The number of piperidine rings is 1. The summed E-state index contributed by atoms with van der Waals surface area (Å²) in [6, 6.07) is 12.9. The van der Waals surface area contributed by atoms with Gasteiger partial charge >= 0.3 is 6.03 Å². The molecule has 0 saturated carbocycles. The van der Waals surface area contributed by atoms with Crippen LogP contribution in [0.15, 0.2) is 47.4 Å². The van der Waals surface area contributed by atoms with Crippen LogP contribution < -0.4 is 20.9 Å². The molecule has 7 nitrogen and oxygen atoms in total. The van der Waals surface area contributed by atoms with E-state index in [1.54, 1.807) is 17.8 Å². The van der Waals surface area contributed by atoms with E-state index < -0.39 is 0 Å². The van der Waals surface area contributed by atoms with Crippen LogP contribution in [0.4, 0.5) is 21.9 Å². The number of carbonyl (C=O) groups excluding carboxylic acids is 2. The number of carbonyl (C=O) groups is 2. The number of ether oxygens (including phenoxy) is 1. The Hall–Kier alpha value is -2.71. The molecule has 3 amide bonds. The van der Waals surface area contributed by atoms with E-state index in [0.29, 0.717) is 36.7 Å². The van der Waals surface area contributed by atoms with Gasteiger partial charge in [0.2, 0.25) is 0 Å². The van der Waals surface area contributed by atoms with E-state index in [4.69, 9.17) is 4.74 Å². The average Bonchev–Trinajstić information content (AvgIpc) is 2.84. The Labute approximate surface area is 200 Å². The molecular formula is C25H34N4O3S. The van der Waals surface area contributed by atoms with Crippen molar-refractivity contribution in [2.24, 2.45) is 0 Å². The van der Waals surface area contributed by atoms with Crippen LogP contribution in [0.25, 0.3) is 0 Å². The Balaban J connectivity index is 1.69. The Kier molecular flexibility index (Phi) is 9.90. The Morgan fingerprint density at radius 3 is 2.39 bits per heavy atom. The molecule has 0 aromatic heterocycles. The number of thioether (sulfide) groups is 1. The van der Waals surface area contributed by atoms with Gasteiger partial charge in [0, 0.05) is 54.8 Å². The van der Waals surface area contributed by atoms with Crippen LogP contribution in [0, 0.1) is 0 Å².